The van der Waals surface area contributed by atoms with Gasteiger partial charge in [-0.05, 0) is 13.8 Å². The average molecular weight is 240 g/mol. The lowest BCUT2D eigenvalue weighted by Gasteiger charge is -2.10. The number of carbonyl (C=O) groups is 1. The van der Waals surface area contributed by atoms with E-state index in [1.165, 1.54) is 7.11 Å². The third kappa shape index (κ3) is 3.81. The molecule has 16 heavy (non-hydrogen) atoms. The number of carbonyl (C=O) groups excluding carboxylic acids is 1. The summed E-state index contributed by atoms with van der Waals surface area (Å²) >= 11 is 1.55. The highest BCUT2D eigenvalue weighted by Gasteiger charge is 2.13. The monoisotopic (exact) mass is 240 g/mol. The van der Waals surface area contributed by atoms with E-state index in [4.69, 9.17) is 0 Å². The second-order valence-corrected chi connectivity index (χ2v) is 5.04. The fourth-order valence-electron chi connectivity index (χ4n) is 1.18. The van der Waals surface area contributed by atoms with Crippen molar-refractivity contribution in [3.05, 3.63) is 17.6 Å². The molecule has 1 rings (SSSR count). The van der Waals surface area contributed by atoms with Crippen LogP contribution < -0.4 is 0 Å². The minimum Gasteiger partial charge on any atom is -0.469 e. The third-order valence-electron chi connectivity index (χ3n) is 2.03. The number of aryl methyl sites for hydroxylation is 2. The normalized spacial score (nSPS) is 12.2. The van der Waals surface area contributed by atoms with Crippen LogP contribution in [0.5, 0.6) is 0 Å². The minimum absolute atomic E-state index is 0.141. The number of nitrogens with zero attached hydrogens (tertiary/aromatic N) is 2. The number of ether oxygens (including phenoxy) is 1. The van der Waals surface area contributed by atoms with Crippen LogP contribution in [0.15, 0.2) is 11.2 Å². The first-order valence-electron chi connectivity index (χ1n) is 5.06. The first-order chi connectivity index (χ1) is 7.52. The van der Waals surface area contributed by atoms with Gasteiger partial charge in [-0.3, -0.25) is 9.78 Å². The quantitative estimate of drug-likeness (QED) is 0.596. The van der Waals surface area contributed by atoms with Crippen molar-refractivity contribution >= 4 is 17.7 Å². The van der Waals surface area contributed by atoms with Crippen LogP contribution in [-0.4, -0.2) is 28.3 Å². The summed E-state index contributed by atoms with van der Waals surface area (Å²) in [5, 5.41) is 1.03. The van der Waals surface area contributed by atoms with Gasteiger partial charge in [0, 0.05) is 11.4 Å². The molecule has 0 aliphatic carbocycles. The number of methoxy groups -OCH3 is 1. The molecule has 0 aliphatic rings. The van der Waals surface area contributed by atoms with E-state index in [1.54, 1.807) is 18.0 Å². The summed E-state index contributed by atoms with van der Waals surface area (Å²) in [5.41, 5.74) is 1.78. The Kier molecular flexibility index (Phi) is 4.73. The molecular weight excluding hydrogens is 224 g/mol. The van der Waals surface area contributed by atoms with Crippen LogP contribution in [0.25, 0.3) is 0 Å². The van der Waals surface area contributed by atoms with Gasteiger partial charge < -0.3 is 4.74 Å². The topological polar surface area (TPSA) is 52.1 Å². The molecule has 1 atom stereocenters. The molecule has 0 saturated heterocycles. The molecule has 5 heteroatoms. The Bertz CT molecular complexity index is 382. The Hall–Kier alpha value is -1.10. The van der Waals surface area contributed by atoms with Gasteiger partial charge in [0.05, 0.1) is 24.9 Å². The smallest absolute Gasteiger partial charge is 0.306 e. The van der Waals surface area contributed by atoms with Gasteiger partial charge in [0.2, 0.25) is 0 Å². The highest BCUT2D eigenvalue weighted by molar-refractivity contribution is 7.99. The summed E-state index contributed by atoms with van der Waals surface area (Å²) in [6.07, 6.45) is 2.13. The second kappa shape index (κ2) is 5.84. The first-order valence-corrected chi connectivity index (χ1v) is 5.94. The average Bonchev–Trinajstić information content (AvgIpc) is 2.23. The van der Waals surface area contributed by atoms with E-state index >= 15 is 0 Å². The highest BCUT2D eigenvalue weighted by atomic mass is 32.2. The summed E-state index contributed by atoms with van der Waals surface area (Å²) in [6.45, 7) is 5.80. The van der Waals surface area contributed by atoms with Crippen LogP contribution in [0.4, 0.5) is 0 Å². The van der Waals surface area contributed by atoms with Crippen molar-refractivity contribution in [1.29, 1.82) is 0 Å². The number of esters is 1. The Morgan fingerprint density at radius 2 is 2.25 bits per heavy atom. The highest BCUT2D eigenvalue weighted by Crippen LogP contribution is 2.25. The molecule has 1 aromatic rings. The van der Waals surface area contributed by atoms with Gasteiger partial charge in [-0.2, -0.15) is 0 Å². The number of rotatable bonds is 4. The standard InChI is InChI=1S/C11H16N2O2S/c1-7-6-12-9(3)11(13-7)16-8(2)5-10(14)15-4/h6,8H,5H2,1-4H3. The minimum atomic E-state index is -0.196. The molecule has 4 nitrogen and oxygen atoms in total. The molecule has 0 radical (unpaired) electrons. The van der Waals surface area contributed by atoms with E-state index in [-0.39, 0.29) is 11.2 Å². The lowest BCUT2D eigenvalue weighted by molar-refractivity contribution is -0.140. The fraction of sp³-hybridized carbons (Fsp3) is 0.545. The molecule has 0 amide bonds. The van der Waals surface area contributed by atoms with Crippen LogP contribution in [0, 0.1) is 13.8 Å². The zero-order valence-corrected chi connectivity index (χ0v) is 10.8. The summed E-state index contributed by atoms with van der Waals surface area (Å²) in [5.74, 6) is -0.196. The predicted molar refractivity (Wildman–Crippen MR) is 63.5 cm³/mol. The molecule has 0 aliphatic heterocycles. The maximum absolute atomic E-state index is 11.1. The van der Waals surface area contributed by atoms with E-state index in [0.29, 0.717) is 6.42 Å². The van der Waals surface area contributed by atoms with Crippen molar-refractivity contribution in [1.82, 2.24) is 9.97 Å². The number of hydrogen-bond acceptors (Lipinski definition) is 5. The van der Waals surface area contributed by atoms with Crippen LogP contribution in [0.1, 0.15) is 24.7 Å². The van der Waals surface area contributed by atoms with Crippen molar-refractivity contribution < 1.29 is 9.53 Å². The molecule has 1 heterocycles. The van der Waals surface area contributed by atoms with E-state index < -0.39 is 0 Å². The van der Waals surface area contributed by atoms with Crippen molar-refractivity contribution in [3.63, 3.8) is 0 Å². The SMILES string of the molecule is COC(=O)CC(C)Sc1nc(C)cnc1C. The van der Waals surface area contributed by atoms with Crippen LogP contribution >= 0.6 is 11.8 Å². The number of thioether (sulfide) groups is 1. The molecule has 0 fully saturated rings. The summed E-state index contributed by atoms with van der Waals surface area (Å²) in [6, 6.07) is 0. The molecule has 0 spiro atoms. The molecule has 0 aromatic carbocycles. The Labute approximate surface area is 99.8 Å². The van der Waals surface area contributed by atoms with Crippen LogP contribution in [0.3, 0.4) is 0 Å². The van der Waals surface area contributed by atoms with E-state index in [0.717, 1.165) is 16.4 Å². The maximum Gasteiger partial charge on any atom is 0.306 e. The van der Waals surface area contributed by atoms with Gasteiger partial charge in [0.25, 0.3) is 0 Å². The van der Waals surface area contributed by atoms with Crippen molar-refractivity contribution in [2.75, 3.05) is 7.11 Å². The molecule has 0 saturated carbocycles. The third-order valence-corrected chi connectivity index (χ3v) is 3.21. The predicted octanol–water partition coefficient (Wildman–Crippen LogP) is 2.14. The van der Waals surface area contributed by atoms with Gasteiger partial charge >= 0.3 is 5.97 Å². The summed E-state index contributed by atoms with van der Waals surface area (Å²) in [7, 11) is 1.40. The van der Waals surface area contributed by atoms with Crippen LogP contribution in [0.2, 0.25) is 0 Å². The van der Waals surface area contributed by atoms with Gasteiger partial charge in [-0.25, -0.2) is 4.98 Å². The van der Waals surface area contributed by atoms with Gasteiger partial charge in [-0.15, -0.1) is 11.8 Å². The first kappa shape index (κ1) is 13.0. The molecule has 88 valence electrons. The Morgan fingerprint density at radius 3 is 2.88 bits per heavy atom. The van der Waals surface area contributed by atoms with Crippen molar-refractivity contribution in [3.8, 4) is 0 Å². The molecule has 0 bridgehead atoms. The Balaban J connectivity index is 2.65. The maximum atomic E-state index is 11.1. The van der Waals surface area contributed by atoms with Crippen molar-refractivity contribution in [2.24, 2.45) is 0 Å². The van der Waals surface area contributed by atoms with E-state index in [2.05, 4.69) is 14.7 Å². The lowest BCUT2D eigenvalue weighted by Crippen LogP contribution is -2.09. The number of hydrogen-bond donors (Lipinski definition) is 0. The van der Waals surface area contributed by atoms with E-state index in [9.17, 15) is 4.79 Å². The van der Waals surface area contributed by atoms with Gasteiger partial charge in [0.15, 0.2) is 0 Å². The summed E-state index contributed by atoms with van der Waals surface area (Å²) in [4.78, 5) is 19.7. The number of aromatic nitrogens is 2. The zero-order valence-electron chi connectivity index (χ0n) is 9.98. The summed E-state index contributed by atoms with van der Waals surface area (Å²) < 4.78 is 4.62. The van der Waals surface area contributed by atoms with Crippen molar-refractivity contribution in [2.45, 2.75) is 37.5 Å². The van der Waals surface area contributed by atoms with Crippen LogP contribution in [-0.2, 0) is 9.53 Å². The molecular formula is C11H16N2O2S. The largest absolute Gasteiger partial charge is 0.469 e. The Morgan fingerprint density at radius 1 is 1.56 bits per heavy atom. The fourth-order valence-corrected chi connectivity index (χ4v) is 2.20. The lowest BCUT2D eigenvalue weighted by atomic mass is 10.3. The van der Waals surface area contributed by atoms with Gasteiger partial charge in [0.1, 0.15) is 5.03 Å². The molecule has 1 unspecified atom stereocenters. The zero-order chi connectivity index (χ0) is 12.1. The van der Waals surface area contributed by atoms with E-state index in [1.807, 2.05) is 20.8 Å². The molecule has 0 N–H and O–H groups in total. The molecule has 1 aromatic heterocycles. The second-order valence-electron chi connectivity index (χ2n) is 3.61. The van der Waals surface area contributed by atoms with Gasteiger partial charge in [-0.1, -0.05) is 6.92 Å².